The summed E-state index contributed by atoms with van der Waals surface area (Å²) in [6.45, 7) is 0. The van der Waals surface area contributed by atoms with Gasteiger partial charge in [-0.2, -0.15) is 0 Å². The molecule has 0 spiro atoms. The molecule has 3 rings (SSSR count). The Hall–Kier alpha value is -1.92. The summed E-state index contributed by atoms with van der Waals surface area (Å²) in [5, 5.41) is 3.50. The first-order chi connectivity index (χ1) is 10.2. The van der Waals surface area contributed by atoms with Crippen molar-refractivity contribution in [2.45, 2.75) is 25.3 Å². The highest BCUT2D eigenvalue weighted by atomic mass is 32.1. The third kappa shape index (κ3) is 3.06. The number of aryl methyl sites for hydroxylation is 1. The third-order valence-corrected chi connectivity index (χ3v) is 4.59. The van der Waals surface area contributed by atoms with Gasteiger partial charge in [0.05, 0.1) is 12.8 Å². The van der Waals surface area contributed by atoms with Gasteiger partial charge in [-0.05, 0) is 43.5 Å². The summed E-state index contributed by atoms with van der Waals surface area (Å²) < 4.78 is 5.08. The zero-order valence-corrected chi connectivity index (χ0v) is 12.6. The van der Waals surface area contributed by atoms with E-state index >= 15 is 0 Å². The van der Waals surface area contributed by atoms with Crippen LogP contribution in [0.3, 0.4) is 0 Å². The van der Waals surface area contributed by atoms with Crippen LogP contribution in [0.15, 0.2) is 24.3 Å². The number of hydrogen-bond donors (Lipinski definition) is 2. The molecule has 1 aromatic carbocycles. The van der Waals surface area contributed by atoms with Crippen LogP contribution in [0.25, 0.3) is 0 Å². The molecule has 0 saturated carbocycles. The molecular formula is C15H17N3O2S. The van der Waals surface area contributed by atoms with Crippen molar-refractivity contribution in [1.29, 1.82) is 0 Å². The maximum absolute atomic E-state index is 12.2. The predicted molar refractivity (Wildman–Crippen MR) is 83.1 cm³/mol. The Kier molecular flexibility index (Phi) is 3.90. The van der Waals surface area contributed by atoms with E-state index in [0.717, 1.165) is 30.7 Å². The molecule has 3 N–H and O–H groups in total. The summed E-state index contributed by atoms with van der Waals surface area (Å²) in [5.41, 5.74) is 7.62. The number of nitrogens with one attached hydrogen (secondary N) is 1. The van der Waals surface area contributed by atoms with Gasteiger partial charge < -0.3 is 10.5 Å². The number of methoxy groups -OCH3 is 1. The number of rotatable bonds is 3. The van der Waals surface area contributed by atoms with Crippen LogP contribution < -0.4 is 15.8 Å². The van der Waals surface area contributed by atoms with Gasteiger partial charge in [0.2, 0.25) is 0 Å². The number of anilines is 1. The molecule has 1 heterocycles. The molecule has 21 heavy (non-hydrogen) atoms. The van der Waals surface area contributed by atoms with Crippen molar-refractivity contribution in [3.63, 3.8) is 0 Å². The SMILES string of the molecule is COc1ccc(C(=O)Nc2nc3c(s2)C[C@@H](N)CC3)cc1. The minimum Gasteiger partial charge on any atom is -0.497 e. The number of thiazole rings is 1. The Bertz CT molecular complexity index is 651. The van der Waals surface area contributed by atoms with Gasteiger partial charge in [0.1, 0.15) is 5.75 Å². The van der Waals surface area contributed by atoms with Crippen LogP contribution in [0.2, 0.25) is 0 Å². The average Bonchev–Trinajstić information content (AvgIpc) is 2.88. The summed E-state index contributed by atoms with van der Waals surface area (Å²) in [6, 6.07) is 7.21. The predicted octanol–water partition coefficient (Wildman–Crippen LogP) is 2.22. The topological polar surface area (TPSA) is 77.2 Å². The lowest BCUT2D eigenvalue weighted by Crippen LogP contribution is -2.27. The monoisotopic (exact) mass is 303 g/mol. The quantitative estimate of drug-likeness (QED) is 0.911. The maximum atomic E-state index is 12.2. The van der Waals surface area contributed by atoms with Crippen LogP contribution in [0.1, 0.15) is 27.3 Å². The second-order valence-corrected chi connectivity index (χ2v) is 6.16. The fourth-order valence-electron chi connectivity index (χ4n) is 2.37. The van der Waals surface area contributed by atoms with Gasteiger partial charge in [-0.1, -0.05) is 0 Å². The van der Waals surface area contributed by atoms with E-state index in [1.54, 1.807) is 31.4 Å². The average molecular weight is 303 g/mol. The standard InChI is InChI=1S/C15H17N3O2S/c1-20-11-5-2-9(3-6-11)14(19)18-15-17-12-7-4-10(16)8-13(12)21-15/h2-3,5-6,10H,4,7-8,16H2,1H3,(H,17,18,19)/t10-/m0/s1. The number of fused-ring (bicyclic) bond motifs is 1. The fraction of sp³-hybridized carbons (Fsp3) is 0.333. The van der Waals surface area contributed by atoms with Crippen molar-refractivity contribution < 1.29 is 9.53 Å². The van der Waals surface area contributed by atoms with Crippen molar-refractivity contribution in [2.75, 3.05) is 12.4 Å². The minimum atomic E-state index is -0.159. The van der Waals surface area contributed by atoms with E-state index in [1.165, 1.54) is 16.2 Å². The molecule has 1 aliphatic rings. The Balaban J connectivity index is 1.72. The lowest BCUT2D eigenvalue weighted by molar-refractivity contribution is 0.102. The molecule has 1 atom stereocenters. The van der Waals surface area contributed by atoms with Crippen LogP contribution in [-0.4, -0.2) is 24.0 Å². The molecule has 0 radical (unpaired) electrons. The zero-order chi connectivity index (χ0) is 14.8. The summed E-state index contributed by atoms with van der Waals surface area (Å²) in [5.74, 6) is 0.568. The largest absolute Gasteiger partial charge is 0.497 e. The number of benzene rings is 1. The molecule has 6 heteroatoms. The van der Waals surface area contributed by atoms with Crippen molar-refractivity contribution >= 4 is 22.4 Å². The summed E-state index contributed by atoms with van der Waals surface area (Å²) in [7, 11) is 1.60. The number of carbonyl (C=O) groups excluding carboxylic acids is 1. The fourth-order valence-corrected chi connectivity index (χ4v) is 3.46. The molecular weight excluding hydrogens is 286 g/mol. The van der Waals surface area contributed by atoms with E-state index in [4.69, 9.17) is 10.5 Å². The van der Waals surface area contributed by atoms with E-state index in [1.807, 2.05) is 0 Å². The molecule has 0 saturated heterocycles. The van der Waals surface area contributed by atoms with Crippen LogP contribution >= 0.6 is 11.3 Å². The Morgan fingerprint density at radius 3 is 2.90 bits per heavy atom. The van der Waals surface area contributed by atoms with Gasteiger partial charge in [-0.25, -0.2) is 4.98 Å². The highest BCUT2D eigenvalue weighted by Crippen LogP contribution is 2.29. The molecule has 110 valence electrons. The maximum Gasteiger partial charge on any atom is 0.257 e. The first-order valence-electron chi connectivity index (χ1n) is 6.85. The highest BCUT2D eigenvalue weighted by molar-refractivity contribution is 7.15. The van der Waals surface area contributed by atoms with Gasteiger partial charge in [-0.15, -0.1) is 11.3 Å². The van der Waals surface area contributed by atoms with Crippen molar-refractivity contribution in [2.24, 2.45) is 5.73 Å². The molecule has 1 aromatic heterocycles. The minimum absolute atomic E-state index is 0.159. The molecule has 2 aromatic rings. The number of hydrogen-bond acceptors (Lipinski definition) is 5. The summed E-state index contributed by atoms with van der Waals surface area (Å²) in [4.78, 5) is 17.9. The van der Waals surface area contributed by atoms with Crippen LogP contribution in [-0.2, 0) is 12.8 Å². The molecule has 0 bridgehead atoms. The molecule has 1 aliphatic carbocycles. The Morgan fingerprint density at radius 2 is 2.19 bits per heavy atom. The van der Waals surface area contributed by atoms with E-state index in [0.29, 0.717) is 10.7 Å². The van der Waals surface area contributed by atoms with Gasteiger partial charge >= 0.3 is 0 Å². The summed E-state index contributed by atoms with van der Waals surface area (Å²) >= 11 is 1.52. The number of nitrogens with zero attached hydrogens (tertiary/aromatic N) is 1. The molecule has 0 aliphatic heterocycles. The van der Waals surface area contributed by atoms with Gasteiger partial charge in [0, 0.05) is 16.5 Å². The first kappa shape index (κ1) is 14.0. The van der Waals surface area contributed by atoms with Gasteiger partial charge in [0.25, 0.3) is 5.91 Å². The lowest BCUT2D eigenvalue weighted by Gasteiger charge is -2.15. The first-order valence-corrected chi connectivity index (χ1v) is 7.67. The number of nitrogens with two attached hydrogens (primary N) is 1. The third-order valence-electron chi connectivity index (χ3n) is 3.55. The summed E-state index contributed by atoms with van der Waals surface area (Å²) in [6.07, 6.45) is 2.71. The number of carbonyl (C=O) groups is 1. The van der Waals surface area contributed by atoms with E-state index in [9.17, 15) is 4.79 Å². The number of aromatic nitrogens is 1. The van der Waals surface area contributed by atoms with Crippen molar-refractivity contribution in [3.05, 3.63) is 40.4 Å². The van der Waals surface area contributed by atoms with Crippen LogP contribution in [0.5, 0.6) is 5.75 Å². The van der Waals surface area contributed by atoms with E-state index in [-0.39, 0.29) is 11.9 Å². The second-order valence-electron chi connectivity index (χ2n) is 5.07. The van der Waals surface area contributed by atoms with E-state index < -0.39 is 0 Å². The van der Waals surface area contributed by atoms with Crippen LogP contribution in [0, 0.1) is 0 Å². The Labute approximate surface area is 127 Å². The molecule has 1 amide bonds. The normalized spacial score (nSPS) is 17.1. The number of amides is 1. The smallest absolute Gasteiger partial charge is 0.257 e. The molecule has 5 nitrogen and oxygen atoms in total. The van der Waals surface area contributed by atoms with Crippen molar-refractivity contribution in [1.82, 2.24) is 4.98 Å². The van der Waals surface area contributed by atoms with Crippen molar-refractivity contribution in [3.8, 4) is 5.75 Å². The molecule has 0 fully saturated rings. The lowest BCUT2D eigenvalue weighted by atomic mass is 9.99. The van der Waals surface area contributed by atoms with E-state index in [2.05, 4.69) is 10.3 Å². The second kappa shape index (κ2) is 5.83. The number of ether oxygens (including phenoxy) is 1. The highest BCUT2D eigenvalue weighted by Gasteiger charge is 2.20. The zero-order valence-electron chi connectivity index (χ0n) is 11.8. The van der Waals surface area contributed by atoms with Gasteiger partial charge in [-0.3, -0.25) is 10.1 Å². The van der Waals surface area contributed by atoms with Gasteiger partial charge in [0.15, 0.2) is 5.13 Å². The molecule has 0 unspecified atom stereocenters. The van der Waals surface area contributed by atoms with Crippen LogP contribution in [0.4, 0.5) is 5.13 Å². The Morgan fingerprint density at radius 1 is 1.43 bits per heavy atom.